The van der Waals surface area contributed by atoms with Crippen LogP contribution in [0.2, 0.25) is 0 Å². The van der Waals surface area contributed by atoms with Gasteiger partial charge in [0.1, 0.15) is 18.5 Å². The van der Waals surface area contributed by atoms with Crippen molar-refractivity contribution in [2.45, 2.75) is 31.5 Å². The predicted molar refractivity (Wildman–Crippen MR) is 57.8 cm³/mol. The van der Waals surface area contributed by atoms with Gasteiger partial charge in [-0.05, 0) is 0 Å². The number of H-pyrrole nitrogens is 1. The molecule has 0 aliphatic carbocycles. The molecular formula is C10H13FN2O5. The minimum atomic E-state index is -1.38. The molecule has 1 aliphatic heterocycles. The summed E-state index contributed by atoms with van der Waals surface area (Å²) in [5.41, 5.74) is -1.44. The summed E-state index contributed by atoms with van der Waals surface area (Å²) >= 11 is 0. The fourth-order valence-electron chi connectivity index (χ4n) is 1.88. The van der Waals surface area contributed by atoms with Crippen LogP contribution in [0.25, 0.3) is 0 Å². The van der Waals surface area contributed by atoms with Crippen molar-refractivity contribution in [2.75, 3.05) is 6.61 Å². The van der Waals surface area contributed by atoms with E-state index in [1.165, 1.54) is 0 Å². The zero-order chi connectivity index (χ0) is 13.3. The molecule has 3 atom stereocenters. The summed E-state index contributed by atoms with van der Waals surface area (Å²) in [7, 11) is 0. The predicted octanol–water partition coefficient (Wildman–Crippen LogP) is -1.35. The van der Waals surface area contributed by atoms with Gasteiger partial charge in [-0.25, -0.2) is 9.18 Å². The number of hydrogen-bond acceptors (Lipinski definition) is 5. The highest BCUT2D eigenvalue weighted by Gasteiger charge is 2.36. The molecule has 3 unspecified atom stereocenters. The lowest BCUT2D eigenvalue weighted by atomic mass is 10.2. The summed E-state index contributed by atoms with van der Waals surface area (Å²) in [4.78, 5) is 24.8. The molecule has 0 amide bonds. The highest BCUT2D eigenvalue weighted by atomic mass is 19.1. The second kappa shape index (κ2) is 5.01. The molecule has 1 saturated heterocycles. The van der Waals surface area contributed by atoms with Crippen molar-refractivity contribution >= 4 is 0 Å². The number of nitrogens with one attached hydrogen (secondary N) is 1. The van der Waals surface area contributed by atoms with Crippen LogP contribution in [0.3, 0.4) is 0 Å². The molecule has 18 heavy (non-hydrogen) atoms. The number of ether oxygens (including phenoxy) is 1. The molecule has 0 saturated carbocycles. The number of halogens is 1. The van der Waals surface area contributed by atoms with E-state index in [2.05, 4.69) is 0 Å². The maximum atomic E-state index is 13.4. The number of aromatic nitrogens is 2. The van der Waals surface area contributed by atoms with Crippen LogP contribution in [0, 0.1) is 0 Å². The minimum Gasteiger partial charge on any atom is -0.394 e. The Labute approximate surface area is 100 Å². The second-order valence-corrected chi connectivity index (χ2v) is 4.04. The Kier molecular flexibility index (Phi) is 3.60. The fourth-order valence-corrected chi connectivity index (χ4v) is 1.88. The minimum absolute atomic E-state index is 0.0129. The van der Waals surface area contributed by atoms with E-state index in [0.29, 0.717) is 0 Å². The van der Waals surface area contributed by atoms with Crippen LogP contribution in [0.5, 0.6) is 0 Å². The first-order chi connectivity index (χ1) is 8.56. The summed E-state index contributed by atoms with van der Waals surface area (Å²) in [6.45, 7) is -1.02. The second-order valence-electron chi connectivity index (χ2n) is 4.04. The smallest absolute Gasteiger partial charge is 0.330 e. The molecule has 0 aromatic carbocycles. The van der Waals surface area contributed by atoms with E-state index >= 15 is 0 Å². The van der Waals surface area contributed by atoms with Crippen LogP contribution in [0.4, 0.5) is 4.39 Å². The Balaban J connectivity index is 2.35. The van der Waals surface area contributed by atoms with E-state index in [-0.39, 0.29) is 12.0 Å². The average Bonchev–Trinajstić information content (AvgIpc) is 2.70. The van der Waals surface area contributed by atoms with Crippen molar-refractivity contribution < 1.29 is 19.3 Å². The van der Waals surface area contributed by atoms with Gasteiger partial charge in [0, 0.05) is 12.6 Å². The first-order valence-corrected chi connectivity index (χ1v) is 5.42. The van der Waals surface area contributed by atoms with Gasteiger partial charge in [0.05, 0.1) is 18.8 Å². The molecular weight excluding hydrogens is 247 g/mol. The molecule has 7 nitrogen and oxygen atoms in total. The fraction of sp³-hybridized carbons (Fsp3) is 0.600. The lowest BCUT2D eigenvalue weighted by Gasteiger charge is -2.14. The number of rotatable bonds is 3. The van der Waals surface area contributed by atoms with Gasteiger partial charge in [-0.2, -0.15) is 0 Å². The first-order valence-electron chi connectivity index (χ1n) is 5.42. The molecule has 8 heteroatoms. The largest absolute Gasteiger partial charge is 0.394 e. The number of hydrogen-bond donors (Lipinski definition) is 3. The Hall–Kier alpha value is -1.51. The number of aliphatic hydroxyl groups is 2. The Morgan fingerprint density at radius 2 is 2.22 bits per heavy atom. The van der Waals surface area contributed by atoms with Crippen molar-refractivity contribution in [3.8, 4) is 0 Å². The van der Waals surface area contributed by atoms with E-state index in [0.717, 1.165) is 10.8 Å². The molecule has 0 bridgehead atoms. The van der Waals surface area contributed by atoms with E-state index < -0.39 is 43.0 Å². The van der Waals surface area contributed by atoms with Gasteiger partial charge in [-0.15, -0.1) is 0 Å². The molecule has 1 aliphatic rings. The SMILES string of the molecule is O=c1[nH]c(=O)n(C2CC(F)C(CO)O2)cc1CO. The van der Waals surface area contributed by atoms with E-state index in [9.17, 15) is 14.0 Å². The molecule has 0 radical (unpaired) electrons. The van der Waals surface area contributed by atoms with Gasteiger partial charge >= 0.3 is 5.69 Å². The van der Waals surface area contributed by atoms with Gasteiger partial charge in [-0.3, -0.25) is 14.3 Å². The summed E-state index contributed by atoms with van der Waals surface area (Å²) in [5.74, 6) is 0. The van der Waals surface area contributed by atoms with Crippen molar-refractivity contribution in [1.29, 1.82) is 0 Å². The van der Waals surface area contributed by atoms with E-state index in [1.54, 1.807) is 0 Å². The van der Waals surface area contributed by atoms with Gasteiger partial charge in [-0.1, -0.05) is 0 Å². The topological polar surface area (TPSA) is 105 Å². The van der Waals surface area contributed by atoms with E-state index in [1.807, 2.05) is 4.98 Å². The summed E-state index contributed by atoms with van der Waals surface area (Å²) in [6, 6.07) is 0. The lowest BCUT2D eigenvalue weighted by molar-refractivity contribution is -0.0357. The average molecular weight is 260 g/mol. The Morgan fingerprint density at radius 1 is 1.50 bits per heavy atom. The number of nitrogens with zero attached hydrogens (tertiary/aromatic N) is 1. The monoisotopic (exact) mass is 260 g/mol. The third kappa shape index (κ3) is 2.22. The maximum absolute atomic E-state index is 13.4. The van der Waals surface area contributed by atoms with Gasteiger partial charge in [0.15, 0.2) is 0 Å². The van der Waals surface area contributed by atoms with Crippen LogP contribution >= 0.6 is 0 Å². The highest BCUT2D eigenvalue weighted by molar-refractivity contribution is 5.03. The molecule has 100 valence electrons. The van der Waals surface area contributed by atoms with Crippen molar-refractivity contribution in [3.05, 3.63) is 32.6 Å². The van der Waals surface area contributed by atoms with Crippen molar-refractivity contribution in [1.82, 2.24) is 9.55 Å². The number of aliphatic hydroxyl groups excluding tert-OH is 2. The number of aromatic amines is 1. The summed E-state index contributed by atoms with van der Waals surface area (Å²) in [6.07, 6.45) is -2.21. The van der Waals surface area contributed by atoms with Crippen LogP contribution in [-0.4, -0.2) is 38.6 Å². The standard InChI is InChI=1S/C10H13FN2O5/c11-6-1-8(18-7(6)4-15)13-2-5(3-14)9(16)12-10(13)17/h2,6-8,14-15H,1,3-4H2,(H,12,16,17). The third-order valence-electron chi connectivity index (χ3n) is 2.86. The van der Waals surface area contributed by atoms with Gasteiger partial charge in [0.25, 0.3) is 5.56 Å². The van der Waals surface area contributed by atoms with Gasteiger partial charge < -0.3 is 14.9 Å². The van der Waals surface area contributed by atoms with Crippen LogP contribution in [-0.2, 0) is 11.3 Å². The molecule has 0 spiro atoms. The molecule has 2 rings (SSSR count). The van der Waals surface area contributed by atoms with Crippen LogP contribution in [0.15, 0.2) is 15.8 Å². The van der Waals surface area contributed by atoms with Crippen molar-refractivity contribution in [3.63, 3.8) is 0 Å². The number of alkyl halides is 1. The maximum Gasteiger partial charge on any atom is 0.330 e. The summed E-state index contributed by atoms with van der Waals surface area (Å²) in [5, 5.41) is 17.8. The lowest BCUT2D eigenvalue weighted by Crippen LogP contribution is -2.34. The highest BCUT2D eigenvalue weighted by Crippen LogP contribution is 2.29. The van der Waals surface area contributed by atoms with Crippen molar-refractivity contribution in [2.24, 2.45) is 0 Å². The molecule has 1 fully saturated rings. The molecule has 1 aromatic rings. The Morgan fingerprint density at radius 3 is 2.78 bits per heavy atom. The van der Waals surface area contributed by atoms with Gasteiger partial charge in [0.2, 0.25) is 0 Å². The molecule has 3 N–H and O–H groups in total. The molecule has 2 heterocycles. The third-order valence-corrected chi connectivity index (χ3v) is 2.86. The summed E-state index contributed by atoms with van der Waals surface area (Å²) < 4.78 is 19.6. The Bertz CT molecular complexity index is 540. The van der Waals surface area contributed by atoms with Crippen LogP contribution < -0.4 is 11.2 Å². The van der Waals surface area contributed by atoms with E-state index in [4.69, 9.17) is 14.9 Å². The first kappa shape index (κ1) is 12.9. The normalized spacial score (nSPS) is 27.6. The zero-order valence-electron chi connectivity index (χ0n) is 9.38. The zero-order valence-corrected chi connectivity index (χ0v) is 9.38. The molecule has 1 aromatic heterocycles. The quantitative estimate of drug-likeness (QED) is 0.623. The van der Waals surface area contributed by atoms with Crippen LogP contribution in [0.1, 0.15) is 18.2 Å².